The predicted octanol–water partition coefficient (Wildman–Crippen LogP) is 13.4. The molecule has 0 saturated heterocycles. The van der Waals surface area contributed by atoms with Gasteiger partial charge in [-0.15, -0.1) is 0 Å². The lowest BCUT2D eigenvalue weighted by molar-refractivity contribution is -0.122. The highest BCUT2D eigenvalue weighted by molar-refractivity contribution is 5.76. The van der Waals surface area contributed by atoms with E-state index in [4.69, 9.17) is 11.5 Å². The summed E-state index contributed by atoms with van der Waals surface area (Å²) in [5, 5.41) is 0. The minimum atomic E-state index is -0.153. The van der Waals surface area contributed by atoms with Gasteiger partial charge in [-0.1, -0.05) is 200 Å². The number of rotatable bonds is 36. The third-order valence-electron chi connectivity index (χ3n) is 9.49. The minimum absolute atomic E-state index is 0.101. The first-order chi connectivity index (χ1) is 22.5. The van der Waals surface area contributed by atoms with Gasteiger partial charge in [-0.3, -0.25) is 9.59 Å². The number of amides is 2. The normalized spacial score (nSPS) is 11.9. The summed E-state index contributed by atoms with van der Waals surface area (Å²) in [5.74, 6) is -0.169. The molecular formula is C42H84N2O2. The van der Waals surface area contributed by atoms with Gasteiger partial charge in [-0.25, -0.2) is 0 Å². The van der Waals surface area contributed by atoms with Crippen molar-refractivity contribution < 1.29 is 9.59 Å². The van der Waals surface area contributed by atoms with Gasteiger partial charge in [-0.05, 0) is 44.9 Å². The Labute approximate surface area is 289 Å². The zero-order chi connectivity index (χ0) is 34.2. The molecule has 0 heterocycles. The van der Waals surface area contributed by atoms with Crippen LogP contribution in [-0.4, -0.2) is 11.8 Å². The molecule has 1 unspecified atom stereocenters. The quantitative estimate of drug-likeness (QED) is 0.0523. The zero-order valence-electron chi connectivity index (χ0n) is 31.7. The van der Waals surface area contributed by atoms with Crippen LogP contribution in [-0.2, 0) is 9.59 Å². The maximum Gasteiger partial charge on any atom is 0.220 e. The van der Waals surface area contributed by atoms with Crippen molar-refractivity contribution in [2.24, 2.45) is 17.4 Å². The molecule has 0 rings (SSSR count). The van der Waals surface area contributed by atoms with E-state index in [0.29, 0.717) is 6.42 Å². The maximum atomic E-state index is 11.2. The van der Waals surface area contributed by atoms with Gasteiger partial charge < -0.3 is 11.5 Å². The third-order valence-corrected chi connectivity index (χ3v) is 9.49. The van der Waals surface area contributed by atoms with Gasteiger partial charge in [0.15, 0.2) is 0 Å². The Morgan fingerprint density at radius 3 is 1.04 bits per heavy atom. The fourth-order valence-corrected chi connectivity index (χ4v) is 6.21. The molecule has 0 aliphatic rings. The monoisotopic (exact) mass is 649 g/mol. The predicted molar refractivity (Wildman–Crippen MR) is 205 cm³/mol. The summed E-state index contributed by atoms with van der Waals surface area (Å²) in [4.78, 5) is 21.7. The molecule has 1 atom stereocenters. The molecule has 0 aliphatic heterocycles. The number of carbonyl (C=O) groups is 2. The maximum absolute atomic E-state index is 11.2. The third kappa shape index (κ3) is 42.7. The molecule has 0 aliphatic carbocycles. The van der Waals surface area contributed by atoms with E-state index in [1.807, 2.05) is 0 Å². The second-order valence-electron chi connectivity index (χ2n) is 14.1. The molecule has 0 aromatic carbocycles. The van der Waals surface area contributed by atoms with Crippen molar-refractivity contribution >= 4 is 11.8 Å². The van der Waals surface area contributed by atoms with Gasteiger partial charge in [0.2, 0.25) is 11.8 Å². The second kappa shape index (κ2) is 41.7. The van der Waals surface area contributed by atoms with Crippen molar-refractivity contribution in [3.05, 3.63) is 12.2 Å². The Kier molecular flexibility index (Phi) is 42.4. The Bertz CT molecular complexity index is 633. The van der Waals surface area contributed by atoms with E-state index >= 15 is 0 Å². The van der Waals surface area contributed by atoms with Crippen molar-refractivity contribution in [2.45, 2.75) is 239 Å². The first kappa shape index (κ1) is 46.8. The van der Waals surface area contributed by atoms with Gasteiger partial charge in [0.1, 0.15) is 0 Å². The van der Waals surface area contributed by atoms with Gasteiger partial charge in [-0.2, -0.15) is 0 Å². The first-order valence-corrected chi connectivity index (χ1v) is 20.7. The van der Waals surface area contributed by atoms with Crippen LogP contribution < -0.4 is 11.5 Å². The fourth-order valence-electron chi connectivity index (χ4n) is 6.21. The number of hydrogen-bond acceptors (Lipinski definition) is 2. The van der Waals surface area contributed by atoms with Crippen LogP contribution in [0.4, 0.5) is 0 Å². The Morgan fingerprint density at radius 1 is 0.435 bits per heavy atom. The van der Waals surface area contributed by atoms with E-state index in [1.165, 1.54) is 186 Å². The van der Waals surface area contributed by atoms with Gasteiger partial charge in [0, 0.05) is 12.3 Å². The molecule has 0 spiro atoms. The number of nitrogens with two attached hydrogens (primary N) is 2. The molecule has 0 aromatic rings. The smallest absolute Gasteiger partial charge is 0.220 e. The number of carbonyl (C=O) groups excluding carboxylic acids is 2. The summed E-state index contributed by atoms with van der Waals surface area (Å²) < 4.78 is 0. The Balaban J connectivity index is 0. The largest absolute Gasteiger partial charge is 0.370 e. The molecule has 4 heteroatoms. The van der Waals surface area contributed by atoms with E-state index in [-0.39, 0.29) is 17.7 Å². The molecule has 4 N–H and O–H groups in total. The van der Waals surface area contributed by atoms with E-state index < -0.39 is 0 Å². The summed E-state index contributed by atoms with van der Waals surface area (Å²) in [7, 11) is 0. The molecule has 46 heavy (non-hydrogen) atoms. The van der Waals surface area contributed by atoms with E-state index in [9.17, 15) is 9.59 Å². The van der Waals surface area contributed by atoms with Gasteiger partial charge in [0.25, 0.3) is 0 Å². The lowest BCUT2D eigenvalue weighted by Crippen LogP contribution is -2.22. The summed E-state index contributed by atoms with van der Waals surface area (Å²) in [6.07, 6.45) is 49.0. The van der Waals surface area contributed by atoms with Crippen LogP contribution in [0.25, 0.3) is 0 Å². The number of unbranched alkanes of at least 4 members (excludes halogenated alkanes) is 28. The average Bonchev–Trinajstić information content (AvgIpc) is 3.04. The molecule has 0 radical (unpaired) electrons. The van der Waals surface area contributed by atoms with Crippen LogP contribution in [0.3, 0.4) is 0 Å². The summed E-state index contributed by atoms with van der Waals surface area (Å²) in [6.45, 7) is 6.61. The van der Waals surface area contributed by atoms with Crippen LogP contribution in [0.2, 0.25) is 0 Å². The molecule has 4 nitrogen and oxygen atoms in total. The van der Waals surface area contributed by atoms with Crippen LogP contribution in [0.5, 0.6) is 0 Å². The standard InChI is InChI=1S/C24H47NO.C18H37NO/c1-3-5-6-7-8-9-10-11-12-13-14-15-16-17-18-19-20-21-22-23(4-2)24(25)26;1-2-3-4-5-6-7-8-9-10-11-12-13-14-15-16-17-18(19)20/h11-12,23H,3-10,13-22H2,1-2H3,(H2,25,26);2-17H2,1H3,(H2,19,20)/b12-11-;. The second-order valence-corrected chi connectivity index (χ2v) is 14.1. The highest BCUT2D eigenvalue weighted by Crippen LogP contribution is 2.16. The van der Waals surface area contributed by atoms with Crippen LogP contribution in [0, 0.1) is 5.92 Å². The number of primary amides is 2. The number of hydrogen-bond donors (Lipinski definition) is 2. The topological polar surface area (TPSA) is 86.2 Å². The first-order valence-electron chi connectivity index (χ1n) is 20.7. The van der Waals surface area contributed by atoms with Crippen LogP contribution in [0.15, 0.2) is 12.2 Å². The zero-order valence-corrected chi connectivity index (χ0v) is 31.7. The lowest BCUT2D eigenvalue weighted by atomic mass is 9.97. The van der Waals surface area contributed by atoms with Crippen LogP contribution in [0.1, 0.15) is 239 Å². The highest BCUT2D eigenvalue weighted by Gasteiger charge is 2.11. The van der Waals surface area contributed by atoms with E-state index in [0.717, 1.165) is 25.7 Å². The van der Waals surface area contributed by atoms with Crippen LogP contribution >= 0.6 is 0 Å². The molecule has 0 aromatic heterocycles. The summed E-state index contributed by atoms with van der Waals surface area (Å²) in [6, 6.07) is 0. The van der Waals surface area contributed by atoms with Crippen molar-refractivity contribution in [1.82, 2.24) is 0 Å². The van der Waals surface area contributed by atoms with E-state index in [2.05, 4.69) is 32.9 Å². The number of allylic oxidation sites excluding steroid dienone is 2. The van der Waals surface area contributed by atoms with Crippen molar-refractivity contribution in [3.63, 3.8) is 0 Å². The Hall–Kier alpha value is -1.32. The lowest BCUT2D eigenvalue weighted by Gasteiger charge is -2.09. The molecular weight excluding hydrogens is 564 g/mol. The highest BCUT2D eigenvalue weighted by atomic mass is 16.1. The summed E-state index contributed by atoms with van der Waals surface area (Å²) >= 11 is 0. The summed E-state index contributed by atoms with van der Waals surface area (Å²) in [5.41, 5.74) is 10.5. The molecule has 0 bridgehead atoms. The SMILES string of the molecule is CCCCCCCC/C=C\CCCCCCCCCCC(CC)C(N)=O.CCCCCCCCCCCCCCCCCC(N)=O. The fraction of sp³-hybridized carbons (Fsp3) is 0.905. The van der Waals surface area contributed by atoms with E-state index in [1.54, 1.807) is 0 Å². The van der Waals surface area contributed by atoms with Crippen molar-refractivity contribution in [1.29, 1.82) is 0 Å². The molecule has 0 fully saturated rings. The molecule has 274 valence electrons. The van der Waals surface area contributed by atoms with Gasteiger partial charge in [0.05, 0.1) is 0 Å². The van der Waals surface area contributed by atoms with Gasteiger partial charge >= 0.3 is 0 Å². The average molecular weight is 649 g/mol. The van der Waals surface area contributed by atoms with Crippen molar-refractivity contribution in [2.75, 3.05) is 0 Å². The minimum Gasteiger partial charge on any atom is -0.370 e. The molecule has 2 amide bonds. The van der Waals surface area contributed by atoms with Crippen molar-refractivity contribution in [3.8, 4) is 0 Å². The molecule has 0 saturated carbocycles. The Morgan fingerprint density at radius 2 is 0.739 bits per heavy atom.